The fourth-order valence-corrected chi connectivity index (χ4v) is 10.7. The Balaban J connectivity index is 1.66. The van der Waals surface area contributed by atoms with Crippen molar-refractivity contribution in [1.29, 1.82) is 0 Å². The number of amides is 1. The van der Waals surface area contributed by atoms with Crippen LogP contribution in [-0.4, -0.2) is 22.6 Å². The van der Waals surface area contributed by atoms with Crippen molar-refractivity contribution in [2.75, 3.05) is 0 Å². The van der Waals surface area contributed by atoms with Crippen LogP contribution >= 0.6 is 0 Å². The lowest BCUT2D eigenvalue weighted by Crippen LogP contribution is -2.68. The molecule has 0 aromatic rings. The van der Waals surface area contributed by atoms with E-state index in [0.717, 1.165) is 25.7 Å². The quantitative estimate of drug-likeness (QED) is 0.347. The van der Waals surface area contributed by atoms with Gasteiger partial charge in [0.25, 0.3) is 0 Å². The van der Waals surface area contributed by atoms with Gasteiger partial charge in [-0.25, -0.2) is 0 Å². The lowest BCUT2D eigenvalue weighted by atomic mass is 9.33. The van der Waals surface area contributed by atoms with E-state index in [1.165, 1.54) is 24.8 Å². The molecule has 0 bridgehead atoms. The average Bonchev–Trinajstić information content (AvgIpc) is 2.78. The SMILES string of the molecule is C[C@@H]1CC[C@]2(C)CC[C@]3(C)C(=CC(=O)C4[C@@]5(C)CCC(=NO)[C@](C)(C(N)=O)C5CC[C@]43C)C2[C@H]1C. The first-order valence-corrected chi connectivity index (χ1v) is 14.0. The number of hydrogen-bond acceptors (Lipinski definition) is 4. The normalized spacial score (nSPS) is 54.7. The van der Waals surface area contributed by atoms with E-state index in [1.54, 1.807) is 0 Å². The predicted octanol–water partition coefficient (Wildman–Crippen LogP) is 6.14. The molecule has 3 N–H and O–H groups in total. The van der Waals surface area contributed by atoms with Gasteiger partial charge in [-0.1, -0.05) is 52.3 Å². The van der Waals surface area contributed by atoms with Crippen molar-refractivity contribution >= 4 is 17.4 Å². The molecule has 3 unspecified atom stereocenters. The van der Waals surface area contributed by atoms with Gasteiger partial charge in [0.2, 0.25) is 5.91 Å². The van der Waals surface area contributed by atoms with Crippen LogP contribution in [0.15, 0.2) is 16.8 Å². The number of ketones is 1. The second kappa shape index (κ2) is 7.44. The molecule has 0 aromatic carbocycles. The molecule has 0 spiro atoms. The highest BCUT2D eigenvalue weighted by Crippen LogP contribution is 2.74. The third-order valence-electron chi connectivity index (χ3n) is 13.2. The molecule has 0 aliphatic heterocycles. The van der Waals surface area contributed by atoms with Gasteiger partial charge >= 0.3 is 0 Å². The fourth-order valence-electron chi connectivity index (χ4n) is 10.7. The number of fused-ring (bicyclic) bond motifs is 7. The smallest absolute Gasteiger partial charge is 0.229 e. The Bertz CT molecular complexity index is 1030. The highest BCUT2D eigenvalue weighted by atomic mass is 16.4. The Hall–Kier alpha value is -1.65. The molecule has 1 amide bonds. The highest BCUT2D eigenvalue weighted by Gasteiger charge is 2.71. The van der Waals surface area contributed by atoms with Crippen LogP contribution < -0.4 is 5.73 Å². The van der Waals surface area contributed by atoms with Crippen LogP contribution in [0, 0.1) is 56.7 Å². The van der Waals surface area contributed by atoms with E-state index >= 15 is 0 Å². The third-order valence-corrected chi connectivity index (χ3v) is 13.2. The zero-order chi connectivity index (χ0) is 25.8. The summed E-state index contributed by atoms with van der Waals surface area (Å²) in [6.45, 7) is 16.2. The van der Waals surface area contributed by atoms with E-state index in [2.05, 4.69) is 52.8 Å². The number of nitrogens with two attached hydrogens (primary N) is 1. The summed E-state index contributed by atoms with van der Waals surface area (Å²) < 4.78 is 0. The van der Waals surface area contributed by atoms with Crippen LogP contribution in [0.4, 0.5) is 0 Å². The molecular weight excluding hydrogens is 436 g/mol. The third kappa shape index (κ3) is 2.84. The van der Waals surface area contributed by atoms with E-state index in [-0.39, 0.29) is 39.3 Å². The minimum Gasteiger partial charge on any atom is -0.411 e. The molecular formula is C30H46N2O3. The first-order chi connectivity index (χ1) is 16.2. The number of carbonyl (C=O) groups excluding carboxylic acids is 2. The lowest BCUT2D eigenvalue weighted by molar-refractivity contribution is -0.179. The zero-order valence-corrected chi connectivity index (χ0v) is 22.9. The molecule has 0 radical (unpaired) electrons. The van der Waals surface area contributed by atoms with Gasteiger partial charge < -0.3 is 10.9 Å². The minimum atomic E-state index is -1.02. The highest BCUT2D eigenvalue weighted by molar-refractivity contribution is 6.09. The van der Waals surface area contributed by atoms with Crippen molar-refractivity contribution in [2.24, 2.45) is 67.6 Å². The van der Waals surface area contributed by atoms with Crippen molar-refractivity contribution in [3.05, 3.63) is 11.6 Å². The van der Waals surface area contributed by atoms with Crippen LogP contribution in [0.25, 0.3) is 0 Å². The van der Waals surface area contributed by atoms with Gasteiger partial charge in [0.1, 0.15) is 0 Å². The number of allylic oxidation sites excluding steroid dienone is 2. The summed E-state index contributed by atoms with van der Waals surface area (Å²) in [5.74, 6) is 1.30. The standard InChI is InChI=1S/C30H46N2O3/c1-17-8-11-26(3)14-15-28(5)19(23(26)18(17)2)16-20(33)24-27(4)12-10-22(32-35)30(7,25(31)34)21(27)9-13-29(24,28)6/h16-18,21,23-24,35H,8-15H2,1-7H3,(H2,31,34)/t17-,18+,21?,23?,24?,26-,27+,28-,29-,30-/m1/s1. The largest absolute Gasteiger partial charge is 0.411 e. The maximum atomic E-state index is 14.3. The van der Waals surface area contributed by atoms with Gasteiger partial charge in [0.05, 0.1) is 11.1 Å². The predicted molar refractivity (Wildman–Crippen MR) is 138 cm³/mol. The number of primary amides is 1. The van der Waals surface area contributed by atoms with Crippen molar-refractivity contribution in [1.82, 2.24) is 0 Å². The number of rotatable bonds is 1. The van der Waals surface area contributed by atoms with Crippen molar-refractivity contribution in [3.63, 3.8) is 0 Å². The summed E-state index contributed by atoms with van der Waals surface area (Å²) in [7, 11) is 0. The monoisotopic (exact) mass is 482 g/mol. The van der Waals surface area contributed by atoms with Crippen LogP contribution in [0.5, 0.6) is 0 Å². The van der Waals surface area contributed by atoms with Crippen LogP contribution in [0.2, 0.25) is 0 Å². The number of carbonyl (C=O) groups is 2. The maximum absolute atomic E-state index is 14.3. The molecule has 5 heteroatoms. The summed E-state index contributed by atoms with van der Waals surface area (Å²) in [5, 5.41) is 13.3. The van der Waals surface area contributed by atoms with Gasteiger partial charge in [-0.05, 0) is 110 Å². The van der Waals surface area contributed by atoms with Crippen molar-refractivity contribution in [2.45, 2.75) is 99.8 Å². The summed E-state index contributed by atoms with van der Waals surface area (Å²) in [5.41, 5.74) is 6.62. The molecule has 0 aromatic heterocycles. The molecule has 5 aliphatic carbocycles. The van der Waals surface area contributed by atoms with E-state index in [4.69, 9.17) is 5.73 Å². The molecule has 5 aliphatic rings. The van der Waals surface area contributed by atoms with E-state index in [0.29, 0.717) is 29.9 Å². The molecule has 0 heterocycles. The van der Waals surface area contributed by atoms with Gasteiger partial charge in [-0.2, -0.15) is 0 Å². The van der Waals surface area contributed by atoms with Gasteiger partial charge in [0.15, 0.2) is 5.78 Å². The first kappa shape index (κ1) is 25.0. The Morgan fingerprint density at radius 1 is 1.03 bits per heavy atom. The summed E-state index contributed by atoms with van der Waals surface area (Å²) in [6.07, 6.45) is 9.96. The number of hydrogen-bond donors (Lipinski definition) is 2. The molecule has 0 saturated heterocycles. The molecule has 5 rings (SSSR count). The van der Waals surface area contributed by atoms with E-state index < -0.39 is 11.3 Å². The van der Waals surface area contributed by atoms with E-state index in [1.807, 2.05) is 6.92 Å². The van der Waals surface area contributed by atoms with Crippen LogP contribution in [0.1, 0.15) is 99.8 Å². The van der Waals surface area contributed by atoms with Gasteiger partial charge in [-0.3, -0.25) is 9.59 Å². The Morgan fingerprint density at radius 3 is 2.34 bits per heavy atom. The molecule has 5 nitrogen and oxygen atoms in total. The molecule has 35 heavy (non-hydrogen) atoms. The van der Waals surface area contributed by atoms with Gasteiger partial charge in [0, 0.05) is 5.92 Å². The molecule has 4 fully saturated rings. The van der Waals surface area contributed by atoms with E-state index in [9.17, 15) is 14.8 Å². The average molecular weight is 483 g/mol. The Labute approximate surface area is 211 Å². The molecule has 194 valence electrons. The van der Waals surface area contributed by atoms with Crippen LogP contribution in [-0.2, 0) is 9.59 Å². The lowest BCUT2D eigenvalue weighted by Gasteiger charge is -2.70. The van der Waals surface area contributed by atoms with Gasteiger partial charge in [-0.15, -0.1) is 0 Å². The van der Waals surface area contributed by atoms with Crippen LogP contribution in [0.3, 0.4) is 0 Å². The zero-order valence-electron chi connectivity index (χ0n) is 22.9. The van der Waals surface area contributed by atoms with Crippen molar-refractivity contribution in [3.8, 4) is 0 Å². The number of oxime groups is 1. The molecule has 4 saturated carbocycles. The second-order valence-corrected chi connectivity index (χ2v) is 14.4. The first-order valence-electron chi connectivity index (χ1n) is 14.0. The van der Waals surface area contributed by atoms with Crippen molar-refractivity contribution < 1.29 is 14.8 Å². The topological polar surface area (TPSA) is 92.8 Å². The number of nitrogens with zero attached hydrogens (tertiary/aromatic N) is 1. The summed E-state index contributed by atoms with van der Waals surface area (Å²) in [6, 6.07) is 0. The maximum Gasteiger partial charge on any atom is 0.229 e. The summed E-state index contributed by atoms with van der Waals surface area (Å²) in [4.78, 5) is 27.2. The Morgan fingerprint density at radius 2 is 1.71 bits per heavy atom. The summed E-state index contributed by atoms with van der Waals surface area (Å²) >= 11 is 0. The molecule has 10 atom stereocenters. The fraction of sp³-hybridized carbons (Fsp3) is 0.833. The minimum absolute atomic E-state index is 0.0243. The second-order valence-electron chi connectivity index (χ2n) is 14.4. The Kier molecular flexibility index (Phi) is 5.32.